The molecule has 0 nitrogen and oxygen atoms in total. The lowest BCUT2D eigenvalue weighted by atomic mass is 10.1. The van der Waals surface area contributed by atoms with Crippen molar-refractivity contribution in [1.29, 1.82) is 0 Å². The summed E-state index contributed by atoms with van der Waals surface area (Å²) in [6, 6.07) is 0. The predicted octanol–water partition coefficient (Wildman–Crippen LogP) is 5.82. The molecule has 0 saturated carbocycles. The van der Waals surface area contributed by atoms with Crippen LogP contribution in [0.3, 0.4) is 0 Å². The van der Waals surface area contributed by atoms with Crippen LogP contribution in [0.15, 0.2) is 37.0 Å². The summed E-state index contributed by atoms with van der Waals surface area (Å²) in [6.07, 6.45) is 22.6. The molecule has 0 spiro atoms. The van der Waals surface area contributed by atoms with E-state index in [9.17, 15) is 0 Å². The van der Waals surface area contributed by atoms with Gasteiger partial charge in [0, 0.05) is 0 Å². The summed E-state index contributed by atoms with van der Waals surface area (Å²) in [5.74, 6) is 0. The van der Waals surface area contributed by atoms with Gasteiger partial charge in [-0.15, -0.1) is 6.58 Å². The molecule has 0 aliphatic rings. The third kappa shape index (κ3) is 13.2. The maximum atomic E-state index is 3.68. The molecule has 0 bridgehead atoms. The fourth-order valence-electron chi connectivity index (χ4n) is 1.62. The van der Waals surface area contributed by atoms with Gasteiger partial charge in [-0.2, -0.15) is 0 Å². The SMILES string of the molecule is C=CCC=CCC=CCCCCCCCC. The van der Waals surface area contributed by atoms with E-state index in [1.807, 2.05) is 6.08 Å². The third-order valence-corrected chi connectivity index (χ3v) is 2.63. The maximum Gasteiger partial charge on any atom is -0.0169 e. The summed E-state index contributed by atoms with van der Waals surface area (Å²) in [5.41, 5.74) is 0. The second-order valence-corrected chi connectivity index (χ2v) is 4.26. The molecule has 0 rings (SSSR count). The van der Waals surface area contributed by atoms with E-state index >= 15 is 0 Å². The minimum absolute atomic E-state index is 0.991. The Morgan fingerprint density at radius 2 is 1.38 bits per heavy atom. The van der Waals surface area contributed by atoms with Gasteiger partial charge < -0.3 is 0 Å². The molecule has 0 heteroatoms. The van der Waals surface area contributed by atoms with Crippen molar-refractivity contribution in [3.63, 3.8) is 0 Å². The van der Waals surface area contributed by atoms with Gasteiger partial charge in [-0.05, 0) is 25.7 Å². The van der Waals surface area contributed by atoms with Gasteiger partial charge >= 0.3 is 0 Å². The highest BCUT2D eigenvalue weighted by Crippen LogP contribution is 2.07. The molecule has 0 N–H and O–H groups in total. The molecule has 0 aromatic heterocycles. The Labute approximate surface area is 102 Å². The molecule has 0 saturated heterocycles. The van der Waals surface area contributed by atoms with Crippen molar-refractivity contribution < 1.29 is 0 Å². The van der Waals surface area contributed by atoms with E-state index in [1.165, 1.54) is 44.9 Å². The molecule has 0 amide bonds. The van der Waals surface area contributed by atoms with Gasteiger partial charge in [-0.3, -0.25) is 0 Å². The van der Waals surface area contributed by atoms with Crippen molar-refractivity contribution in [2.75, 3.05) is 0 Å². The van der Waals surface area contributed by atoms with Crippen LogP contribution in [0.2, 0.25) is 0 Å². The smallest absolute Gasteiger partial charge is 0.0169 e. The first-order valence-electron chi connectivity index (χ1n) is 6.82. The summed E-state index contributed by atoms with van der Waals surface area (Å²) in [7, 11) is 0. The van der Waals surface area contributed by atoms with Crippen LogP contribution in [0.4, 0.5) is 0 Å². The van der Waals surface area contributed by atoms with Crippen LogP contribution in [-0.4, -0.2) is 0 Å². The minimum Gasteiger partial charge on any atom is -0.103 e. The number of unbranched alkanes of at least 4 members (excludes halogenated alkanes) is 6. The number of allylic oxidation sites excluding steroid dienone is 5. The van der Waals surface area contributed by atoms with E-state index in [0.717, 1.165) is 12.8 Å². The highest BCUT2D eigenvalue weighted by Gasteiger charge is 1.87. The Morgan fingerprint density at radius 1 is 0.750 bits per heavy atom. The number of rotatable bonds is 11. The van der Waals surface area contributed by atoms with Crippen LogP contribution in [0.5, 0.6) is 0 Å². The summed E-state index contributed by atoms with van der Waals surface area (Å²) >= 11 is 0. The monoisotopic (exact) mass is 220 g/mol. The van der Waals surface area contributed by atoms with E-state index in [2.05, 4.69) is 37.8 Å². The molecule has 0 fully saturated rings. The molecular weight excluding hydrogens is 192 g/mol. The second-order valence-electron chi connectivity index (χ2n) is 4.26. The van der Waals surface area contributed by atoms with Crippen LogP contribution >= 0.6 is 0 Å². The predicted molar refractivity (Wildman–Crippen MR) is 75.7 cm³/mol. The van der Waals surface area contributed by atoms with Crippen molar-refractivity contribution in [2.45, 2.75) is 64.7 Å². The van der Waals surface area contributed by atoms with E-state index in [1.54, 1.807) is 0 Å². The lowest BCUT2D eigenvalue weighted by molar-refractivity contribution is 0.611. The molecule has 0 unspecified atom stereocenters. The van der Waals surface area contributed by atoms with Crippen LogP contribution in [-0.2, 0) is 0 Å². The normalized spacial score (nSPS) is 11.6. The van der Waals surface area contributed by atoms with Gasteiger partial charge in [0.05, 0.1) is 0 Å². The summed E-state index contributed by atoms with van der Waals surface area (Å²) in [6.45, 7) is 5.95. The molecule has 0 atom stereocenters. The average molecular weight is 220 g/mol. The molecule has 0 radical (unpaired) electrons. The molecule has 92 valence electrons. The van der Waals surface area contributed by atoms with Crippen molar-refractivity contribution >= 4 is 0 Å². The van der Waals surface area contributed by atoms with Gasteiger partial charge in [0.1, 0.15) is 0 Å². The lowest BCUT2D eigenvalue weighted by Crippen LogP contribution is -1.77. The zero-order chi connectivity index (χ0) is 11.9. The van der Waals surface area contributed by atoms with Crippen LogP contribution in [0.1, 0.15) is 64.7 Å². The molecule has 16 heavy (non-hydrogen) atoms. The highest BCUT2D eigenvalue weighted by atomic mass is 13.9. The zero-order valence-corrected chi connectivity index (χ0v) is 11.0. The Morgan fingerprint density at radius 3 is 2.12 bits per heavy atom. The Balaban J connectivity index is 3.12. The van der Waals surface area contributed by atoms with E-state index < -0.39 is 0 Å². The van der Waals surface area contributed by atoms with Crippen LogP contribution in [0.25, 0.3) is 0 Å². The first kappa shape index (κ1) is 15.2. The van der Waals surface area contributed by atoms with Gasteiger partial charge in [0.15, 0.2) is 0 Å². The van der Waals surface area contributed by atoms with Crippen molar-refractivity contribution in [3.8, 4) is 0 Å². The van der Waals surface area contributed by atoms with E-state index in [4.69, 9.17) is 0 Å². The Bertz CT molecular complexity index is 186. The average Bonchev–Trinajstić information content (AvgIpc) is 2.31. The van der Waals surface area contributed by atoms with Crippen molar-refractivity contribution in [1.82, 2.24) is 0 Å². The standard InChI is InChI=1S/C16H28/c1-3-5-7-9-11-13-15-16-14-12-10-8-6-4-2/h3,7,9,13,15H,1,4-6,8,10-12,14,16H2,2H3. The van der Waals surface area contributed by atoms with Crippen molar-refractivity contribution in [3.05, 3.63) is 37.0 Å². The number of hydrogen-bond donors (Lipinski definition) is 0. The molecule has 0 aliphatic heterocycles. The fourth-order valence-corrected chi connectivity index (χ4v) is 1.62. The number of hydrogen-bond acceptors (Lipinski definition) is 0. The fraction of sp³-hybridized carbons (Fsp3) is 0.625. The van der Waals surface area contributed by atoms with Gasteiger partial charge in [-0.25, -0.2) is 0 Å². The molecular formula is C16H28. The van der Waals surface area contributed by atoms with Gasteiger partial charge in [0.25, 0.3) is 0 Å². The molecule has 0 aromatic rings. The van der Waals surface area contributed by atoms with E-state index in [-0.39, 0.29) is 0 Å². The highest BCUT2D eigenvalue weighted by molar-refractivity contribution is 4.95. The van der Waals surface area contributed by atoms with E-state index in [0.29, 0.717) is 0 Å². The topological polar surface area (TPSA) is 0 Å². The molecule has 0 heterocycles. The second kappa shape index (κ2) is 14.2. The van der Waals surface area contributed by atoms with Crippen LogP contribution in [0, 0.1) is 0 Å². The Kier molecular flexibility index (Phi) is 13.5. The molecule has 0 aromatic carbocycles. The summed E-state index contributed by atoms with van der Waals surface area (Å²) in [4.78, 5) is 0. The quantitative estimate of drug-likeness (QED) is 0.304. The summed E-state index contributed by atoms with van der Waals surface area (Å²) in [5, 5.41) is 0. The summed E-state index contributed by atoms with van der Waals surface area (Å²) < 4.78 is 0. The first-order valence-corrected chi connectivity index (χ1v) is 6.82. The van der Waals surface area contributed by atoms with Crippen LogP contribution < -0.4 is 0 Å². The van der Waals surface area contributed by atoms with Gasteiger partial charge in [-0.1, -0.05) is 69.4 Å². The van der Waals surface area contributed by atoms with Gasteiger partial charge in [0.2, 0.25) is 0 Å². The largest absolute Gasteiger partial charge is 0.103 e. The minimum atomic E-state index is 0.991. The Hall–Kier alpha value is -0.780. The molecule has 0 aliphatic carbocycles. The zero-order valence-electron chi connectivity index (χ0n) is 11.0. The lowest BCUT2D eigenvalue weighted by Gasteiger charge is -1.97. The first-order chi connectivity index (χ1) is 7.91. The third-order valence-electron chi connectivity index (χ3n) is 2.63. The van der Waals surface area contributed by atoms with Crippen molar-refractivity contribution in [2.24, 2.45) is 0 Å². The maximum absolute atomic E-state index is 3.68.